The molecule has 1 N–H and O–H groups in total. The number of thioether (sulfide) groups is 1. The van der Waals surface area contributed by atoms with Gasteiger partial charge in [0, 0.05) is 11.4 Å². The summed E-state index contributed by atoms with van der Waals surface area (Å²) in [4.78, 5) is 6.91. The third-order valence-electron chi connectivity index (χ3n) is 4.62. The number of aromatic nitrogens is 1. The van der Waals surface area contributed by atoms with E-state index in [1.54, 1.807) is 6.07 Å². The zero-order valence-electron chi connectivity index (χ0n) is 16.0. The second-order valence-electron chi connectivity index (χ2n) is 6.36. The van der Waals surface area contributed by atoms with Gasteiger partial charge in [-0.1, -0.05) is 13.8 Å². The maximum absolute atomic E-state index is 13.8. The number of benzene rings is 1. The maximum Gasteiger partial charge on any atom is 0.124 e. The summed E-state index contributed by atoms with van der Waals surface area (Å²) in [6.07, 6.45) is 3.95. The molecule has 0 saturated carbocycles. The summed E-state index contributed by atoms with van der Waals surface area (Å²) in [6.45, 7) is 9.63. The molecule has 1 atom stereocenters. The van der Waals surface area contributed by atoms with E-state index in [-0.39, 0.29) is 11.9 Å². The molecule has 0 radical (unpaired) electrons. The van der Waals surface area contributed by atoms with Crippen molar-refractivity contribution in [1.29, 1.82) is 5.26 Å². The van der Waals surface area contributed by atoms with E-state index in [0.717, 1.165) is 32.5 Å². The minimum Gasteiger partial charge on any atom is -0.381 e. The summed E-state index contributed by atoms with van der Waals surface area (Å²) in [5.41, 5.74) is 1.88. The molecule has 0 aliphatic rings. The molecule has 0 amide bonds. The number of nitrogens with one attached hydrogen (secondary N) is 1. The molecule has 2 aromatic rings. The van der Waals surface area contributed by atoms with Crippen LogP contribution in [0, 0.1) is 17.1 Å². The lowest BCUT2D eigenvalue weighted by Crippen LogP contribution is -2.25. The van der Waals surface area contributed by atoms with Crippen LogP contribution in [0.5, 0.6) is 0 Å². The molecule has 0 unspecified atom stereocenters. The molecule has 26 heavy (non-hydrogen) atoms. The van der Waals surface area contributed by atoms with Gasteiger partial charge in [0.05, 0.1) is 11.2 Å². The standard InChI is InChI=1S/C20H27FN4S/c1-5-25(6-2)11-7-8-14(3)23-19-16-12-15(21)9-10-18(16)24-20(26-4)17(19)13-22/h9-10,12,14H,5-8,11H2,1-4H3,(H,23,24)/t14-/m1/s1. The highest BCUT2D eigenvalue weighted by molar-refractivity contribution is 7.98. The van der Waals surface area contributed by atoms with Crippen LogP contribution >= 0.6 is 11.8 Å². The smallest absolute Gasteiger partial charge is 0.124 e. The van der Waals surface area contributed by atoms with Gasteiger partial charge >= 0.3 is 0 Å². The van der Waals surface area contributed by atoms with Gasteiger partial charge < -0.3 is 10.2 Å². The summed E-state index contributed by atoms with van der Waals surface area (Å²) in [5, 5.41) is 14.4. The van der Waals surface area contributed by atoms with Crippen molar-refractivity contribution in [2.75, 3.05) is 31.2 Å². The van der Waals surface area contributed by atoms with E-state index in [9.17, 15) is 9.65 Å². The second-order valence-corrected chi connectivity index (χ2v) is 7.15. The molecule has 140 valence electrons. The predicted octanol–water partition coefficient (Wildman–Crippen LogP) is 4.89. The van der Waals surface area contributed by atoms with E-state index in [0.29, 0.717) is 27.2 Å². The van der Waals surface area contributed by atoms with Gasteiger partial charge in [-0.15, -0.1) is 11.8 Å². The Morgan fingerprint density at radius 3 is 2.69 bits per heavy atom. The molecular weight excluding hydrogens is 347 g/mol. The Balaban J connectivity index is 2.26. The number of pyridine rings is 1. The van der Waals surface area contributed by atoms with Crippen molar-refractivity contribution >= 4 is 28.4 Å². The van der Waals surface area contributed by atoms with Crippen LogP contribution in [-0.2, 0) is 0 Å². The van der Waals surface area contributed by atoms with E-state index in [1.807, 2.05) is 6.26 Å². The maximum atomic E-state index is 13.8. The van der Waals surface area contributed by atoms with Gasteiger partial charge in [0.1, 0.15) is 22.5 Å². The Labute approximate surface area is 159 Å². The zero-order chi connectivity index (χ0) is 19.1. The molecule has 0 aliphatic heterocycles. The summed E-state index contributed by atoms with van der Waals surface area (Å²) in [7, 11) is 0. The van der Waals surface area contributed by atoms with Gasteiger partial charge in [-0.3, -0.25) is 0 Å². The zero-order valence-corrected chi connectivity index (χ0v) is 16.8. The molecule has 6 heteroatoms. The lowest BCUT2D eigenvalue weighted by atomic mass is 10.1. The van der Waals surface area contributed by atoms with Gasteiger partial charge in [-0.2, -0.15) is 5.26 Å². The second kappa shape index (κ2) is 9.75. The normalized spacial score (nSPS) is 12.3. The molecule has 0 spiro atoms. The number of nitriles is 1. The van der Waals surface area contributed by atoms with E-state index < -0.39 is 0 Å². The lowest BCUT2D eigenvalue weighted by Gasteiger charge is -2.21. The van der Waals surface area contributed by atoms with Crippen molar-refractivity contribution in [2.24, 2.45) is 0 Å². The van der Waals surface area contributed by atoms with Gasteiger partial charge in [0.15, 0.2) is 0 Å². The summed E-state index contributed by atoms with van der Waals surface area (Å²) in [5.74, 6) is -0.322. The summed E-state index contributed by atoms with van der Waals surface area (Å²) < 4.78 is 13.8. The van der Waals surface area contributed by atoms with Gasteiger partial charge in [-0.25, -0.2) is 9.37 Å². The fourth-order valence-corrected chi connectivity index (χ4v) is 3.64. The summed E-state index contributed by atoms with van der Waals surface area (Å²) >= 11 is 1.43. The van der Waals surface area contributed by atoms with Crippen molar-refractivity contribution in [3.05, 3.63) is 29.6 Å². The first-order valence-electron chi connectivity index (χ1n) is 9.10. The molecule has 1 heterocycles. The number of anilines is 1. The van der Waals surface area contributed by atoms with Crippen molar-refractivity contribution in [3.63, 3.8) is 0 Å². The van der Waals surface area contributed by atoms with Crippen molar-refractivity contribution in [2.45, 2.75) is 44.7 Å². The molecule has 0 bridgehead atoms. The van der Waals surface area contributed by atoms with Crippen LogP contribution < -0.4 is 5.32 Å². The predicted molar refractivity (Wildman–Crippen MR) is 108 cm³/mol. The minimum atomic E-state index is -0.322. The molecule has 1 aromatic heterocycles. The Morgan fingerprint density at radius 1 is 1.35 bits per heavy atom. The highest BCUT2D eigenvalue weighted by atomic mass is 32.2. The van der Waals surface area contributed by atoms with Gasteiger partial charge in [0.25, 0.3) is 0 Å². The number of rotatable bonds is 9. The monoisotopic (exact) mass is 374 g/mol. The first-order chi connectivity index (χ1) is 12.5. The van der Waals surface area contributed by atoms with Crippen LogP contribution in [0.1, 0.15) is 39.2 Å². The topological polar surface area (TPSA) is 52.0 Å². The highest BCUT2D eigenvalue weighted by Crippen LogP contribution is 2.33. The molecule has 0 saturated heterocycles. The van der Waals surface area contributed by atoms with E-state index in [1.165, 1.54) is 23.9 Å². The number of fused-ring (bicyclic) bond motifs is 1. The highest BCUT2D eigenvalue weighted by Gasteiger charge is 2.17. The van der Waals surface area contributed by atoms with E-state index in [2.05, 4.69) is 42.0 Å². The Bertz CT molecular complexity index is 783. The fraction of sp³-hybridized carbons (Fsp3) is 0.500. The Morgan fingerprint density at radius 2 is 2.08 bits per heavy atom. The molecule has 1 aromatic carbocycles. The molecule has 2 rings (SSSR count). The average molecular weight is 375 g/mol. The number of nitrogens with zero attached hydrogens (tertiary/aromatic N) is 3. The first-order valence-corrected chi connectivity index (χ1v) is 10.3. The van der Waals surface area contributed by atoms with Gasteiger partial charge in [-0.05, 0) is 63.9 Å². The van der Waals surface area contributed by atoms with Crippen LogP contribution in [0.4, 0.5) is 10.1 Å². The molecule has 4 nitrogen and oxygen atoms in total. The number of halogens is 1. The lowest BCUT2D eigenvalue weighted by molar-refractivity contribution is 0.295. The molecule has 0 aliphatic carbocycles. The Kier molecular flexibility index (Phi) is 7.67. The largest absolute Gasteiger partial charge is 0.381 e. The van der Waals surface area contributed by atoms with Crippen molar-refractivity contribution in [3.8, 4) is 6.07 Å². The first kappa shape index (κ1) is 20.5. The van der Waals surface area contributed by atoms with Crippen molar-refractivity contribution in [1.82, 2.24) is 9.88 Å². The SMILES string of the molecule is CCN(CC)CCC[C@@H](C)Nc1c(C#N)c(SC)nc2ccc(F)cc12. The van der Waals surface area contributed by atoms with Crippen molar-refractivity contribution < 1.29 is 4.39 Å². The minimum absolute atomic E-state index is 0.182. The number of hydrogen-bond acceptors (Lipinski definition) is 5. The Hall–Kier alpha value is -1.84. The van der Waals surface area contributed by atoms with Crippen LogP contribution in [0.2, 0.25) is 0 Å². The van der Waals surface area contributed by atoms with E-state index >= 15 is 0 Å². The fourth-order valence-electron chi connectivity index (χ4n) is 3.09. The quantitative estimate of drug-likeness (QED) is 0.633. The molecular formula is C20H27FN4S. The van der Waals surface area contributed by atoms with Crippen LogP contribution in [0.3, 0.4) is 0 Å². The third kappa shape index (κ3) is 4.87. The third-order valence-corrected chi connectivity index (χ3v) is 5.30. The number of hydrogen-bond donors (Lipinski definition) is 1. The summed E-state index contributed by atoms with van der Waals surface area (Å²) in [6, 6.07) is 6.96. The van der Waals surface area contributed by atoms with E-state index in [4.69, 9.17) is 0 Å². The van der Waals surface area contributed by atoms with Crippen LogP contribution in [-0.4, -0.2) is 41.8 Å². The molecule has 0 fully saturated rings. The van der Waals surface area contributed by atoms with Crippen LogP contribution in [0.25, 0.3) is 10.9 Å². The average Bonchev–Trinajstić information content (AvgIpc) is 2.65. The van der Waals surface area contributed by atoms with Crippen LogP contribution in [0.15, 0.2) is 23.2 Å². The van der Waals surface area contributed by atoms with Gasteiger partial charge in [0.2, 0.25) is 0 Å².